The van der Waals surface area contributed by atoms with Gasteiger partial charge in [-0.25, -0.2) is 9.78 Å². The molecule has 0 bridgehead atoms. The van der Waals surface area contributed by atoms with E-state index in [-0.39, 0.29) is 54.3 Å². The van der Waals surface area contributed by atoms with Crippen LogP contribution in [0.15, 0.2) is 30.3 Å². The van der Waals surface area contributed by atoms with E-state index in [9.17, 15) is 14.0 Å². The Hall–Kier alpha value is -2.58. The molecule has 1 atom stereocenters. The van der Waals surface area contributed by atoms with Crippen molar-refractivity contribution >= 4 is 35.2 Å². The van der Waals surface area contributed by atoms with E-state index in [1.165, 1.54) is 9.80 Å². The molecule has 2 aromatic rings. The number of ether oxygens (including phenoxy) is 2. The molecule has 0 aliphatic carbocycles. The zero-order valence-electron chi connectivity index (χ0n) is 15.1. The van der Waals surface area contributed by atoms with Gasteiger partial charge < -0.3 is 19.3 Å². The maximum absolute atomic E-state index is 14.3. The summed E-state index contributed by atoms with van der Waals surface area (Å²) in [7, 11) is 0. The van der Waals surface area contributed by atoms with Crippen molar-refractivity contribution in [3.05, 3.63) is 57.6 Å². The molecule has 152 valence electrons. The quantitative estimate of drug-likeness (QED) is 0.670. The molecule has 1 aromatic carbocycles. The van der Waals surface area contributed by atoms with Crippen molar-refractivity contribution in [2.75, 3.05) is 26.2 Å². The van der Waals surface area contributed by atoms with Crippen LogP contribution in [0.2, 0.25) is 10.2 Å². The first-order valence-corrected chi connectivity index (χ1v) is 9.65. The van der Waals surface area contributed by atoms with Crippen LogP contribution >= 0.6 is 23.2 Å². The van der Waals surface area contributed by atoms with Crippen molar-refractivity contribution in [2.45, 2.75) is 12.6 Å². The minimum absolute atomic E-state index is 0.0285. The number of nitrogens with zero attached hydrogens (tertiary/aromatic N) is 3. The first-order chi connectivity index (χ1) is 14.0. The topological polar surface area (TPSA) is 72.0 Å². The van der Waals surface area contributed by atoms with Gasteiger partial charge in [0.1, 0.15) is 23.8 Å². The zero-order valence-corrected chi connectivity index (χ0v) is 16.6. The molecular weight excluding hydrogens is 424 g/mol. The van der Waals surface area contributed by atoms with Gasteiger partial charge in [0.25, 0.3) is 5.91 Å². The normalized spacial score (nSPS) is 18.4. The molecule has 2 aliphatic rings. The van der Waals surface area contributed by atoms with E-state index in [1.807, 2.05) is 30.3 Å². The Bertz CT molecular complexity index is 960. The molecule has 0 radical (unpaired) electrons. The zero-order chi connectivity index (χ0) is 20.5. The third kappa shape index (κ3) is 3.82. The number of hydrogen-bond acceptors (Lipinski definition) is 5. The molecule has 0 N–H and O–H groups in total. The molecular formula is C19H16Cl2FN3O4. The fraction of sp³-hybridized carbons (Fsp3) is 0.316. The van der Waals surface area contributed by atoms with E-state index in [1.54, 1.807) is 0 Å². The van der Waals surface area contributed by atoms with E-state index >= 15 is 0 Å². The number of aromatic nitrogens is 1. The van der Waals surface area contributed by atoms with Crippen LogP contribution in [-0.4, -0.2) is 59.1 Å². The Morgan fingerprint density at radius 1 is 1.28 bits per heavy atom. The molecule has 10 heteroatoms. The van der Waals surface area contributed by atoms with E-state index in [0.717, 1.165) is 5.56 Å². The summed E-state index contributed by atoms with van der Waals surface area (Å²) in [5.74, 6) is -1.75. The number of piperazine rings is 1. The van der Waals surface area contributed by atoms with Gasteiger partial charge in [-0.3, -0.25) is 4.79 Å². The predicted molar refractivity (Wildman–Crippen MR) is 103 cm³/mol. The maximum atomic E-state index is 14.3. The SMILES string of the molecule is O=C(OCc1ccccc1)N1CCN2C(=O)c3c(F)nc(Cl)c(Cl)c3OC[C@H]2C1. The number of pyridine rings is 1. The number of fused-ring (bicyclic) bond motifs is 2. The Morgan fingerprint density at radius 3 is 2.79 bits per heavy atom. The average Bonchev–Trinajstić information content (AvgIpc) is 2.87. The van der Waals surface area contributed by atoms with Gasteiger partial charge in [0.2, 0.25) is 5.95 Å². The summed E-state index contributed by atoms with van der Waals surface area (Å²) in [5, 5.41) is -0.392. The Labute approximate surface area is 175 Å². The van der Waals surface area contributed by atoms with Crippen LogP contribution in [0, 0.1) is 5.95 Å². The smallest absolute Gasteiger partial charge is 0.410 e. The Morgan fingerprint density at radius 2 is 2.03 bits per heavy atom. The molecule has 1 fully saturated rings. The fourth-order valence-corrected chi connectivity index (χ4v) is 3.73. The van der Waals surface area contributed by atoms with E-state index in [2.05, 4.69) is 4.98 Å². The number of halogens is 3. The fourth-order valence-electron chi connectivity index (χ4n) is 3.37. The lowest BCUT2D eigenvalue weighted by Crippen LogP contribution is -2.57. The minimum atomic E-state index is -1.04. The molecule has 3 heterocycles. The third-order valence-corrected chi connectivity index (χ3v) is 5.57. The van der Waals surface area contributed by atoms with Crippen LogP contribution in [0.25, 0.3) is 0 Å². The first-order valence-electron chi connectivity index (χ1n) is 8.89. The molecule has 7 nitrogen and oxygen atoms in total. The Kier molecular flexibility index (Phi) is 5.47. The second kappa shape index (κ2) is 8.04. The minimum Gasteiger partial charge on any atom is -0.489 e. The monoisotopic (exact) mass is 439 g/mol. The van der Waals surface area contributed by atoms with Gasteiger partial charge in [-0.15, -0.1) is 0 Å². The third-order valence-electron chi connectivity index (χ3n) is 4.85. The number of carbonyl (C=O) groups is 2. The van der Waals surface area contributed by atoms with Gasteiger partial charge in [-0.05, 0) is 5.56 Å². The molecule has 1 saturated heterocycles. The molecule has 1 aromatic heterocycles. The lowest BCUT2D eigenvalue weighted by molar-refractivity contribution is 0.0302. The highest BCUT2D eigenvalue weighted by molar-refractivity contribution is 6.42. The Balaban J connectivity index is 1.47. The van der Waals surface area contributed by atoms with Gasteiger partial charge in [-0.1, -0.05) is 53.5 Å². The van der Waals surface area contributed by atoms with E-state index in [4.69, 9.17) is 32.7 Å². The summed E-state index contributed by atoms with van der Waals surface area (Å²) in [5.41, 5.74) is 0.527. The molecule has 2 aliphatic heterocycles. The van der Waals surface area contributed by atoms with E-state index in [0.29, 0.717) is 0 Å². The van der Waals surface area contributed by atoms with Crippen LogP contribution < -0.4 is 4.74 Å². The highest BCUT2D eigenvalue weighted by atomic mass is 35.5. The lowest BCUT2D eigenvalue weighted by atomic mass is 10.1. The molecule has 29 heavy (non-hydrogen) atoms. The van der Waals surface area contributed by atoms with Gasteiger partial charge in [0.05, 0.1) is 6.04 Å². The second-order valence-corrected chi connectivity index (χ2v) is 7.40. The largest absolute Gasteiger partial charge is 0.489 e. The van der Waals surface area contributed by atoms with Crippen molar-refractivity contribution in [1.29, 1.82) is 0 Å². The van der Waals surface area contributed by atoms with Crippen molar-refractivity contribution < 1.29 is 23.5 Å². The summed E-state index contributed by atoms with van der Waals surface area (Å²) >= 11 is 11.9. The first kappa shape index (κ1) is 19.7. The van der Waals surface area contributed by atoms with Crippen LogP contribution in [0.5, 0.6) is 5.75 Å². The maximum Gasteiger partial charge on any atom is 0.410 e. The van der Waals surface area contributed by atoms with Crippen molar-refractivity contribution in [3.8, 4) is 5.75 Å². The van der Waals surface area contributed by atoms with Crippen LogP contribution in [0.1, 0.15) is 15.9 Å². The number of rotatable bonds is 2. The predicted octanol–water partition coefficient (Wildman–Crippen LogP) is 3.38. The number of hydrogen-bond donors (Lipinski definition) is 0. The number of amides is 2. The van der Waals surface area contributed by atoms with Gasteiger partial charge >= 0.3 is 6.09 Å². The molecule has 0 saturated carbocycles. The van der Waals surface area contributed by atoms with Crippen molar-refractivity contribution in [3.63, 3.8) is 0 Å². The number of carbonyl (C=O) groups excluding carboxylic acids is 2. The van der Waals surface area contributed by atoms with E-state index < -0.39 is 24.0 Å². The van der Waals surface area contributed by atoms with Gasteiger partial charge in [0, 0.05) is 19.6 Å². The van der Waals surface area contributed by atoms with Crippen molar-refractivity contribution in [1.82, 2.24) is 14.8 Å². The number of benzene rings is 1. The highest BCUT2D eigenvalue weighted by Gasteiger charge is 2.40. The van der Waals surface area contributed by atoms with Gasteiger partial charge in [-0.2, -0.15) is 4.39 Å². The van der Waals surface area contributed by atoms with Gasteiger partial charge in [0.15, 0.2) is 10.9 Å². The average molecular weight is 440 g/mol. The summed E-state index contributed by atoms with van der Waals surface area (Å²) < 4.78 is 25.3. The molecule has 0 unspecified atom stereocenters. The molecule has 0 spiro atoms. The lowest BCUT2D eigenvalue weighted by Gasteiger charge is -2.39. The standard InChI is InChI=1S/C19H16Cl2FN3O4/c20-14-15-13(17(22)23-16(14)21)18(26)25-7-6-24(8-12(25)10-28-15)19(27)29-9-11-4-2-1-3-5-11/h1-5,12H,6-10H2/t12-/m1/s1. The highest BCUT2D eigenvalue weighted by Crippen LogP contribution is 2.38. The van der Waals surface area contributed by atoms with Crippen molar-refractivity contribution in [2.24, 2.45) is 0 Å². The summed E-state index contributed by atoms with van der Waals surface area (Å²) in [6.07, 6.45) is -0.489. The summed E-state index contributed by atoms with van der Waals surface area (Å²) in [6.45, 7) is 0.818. The summed E-state index contributed by atoms with van der Waals surface area (Å²) in [4.78, 5) is 31.7. The molecule has 4 rings (SSSR count). The second-order valence-electron chi connectivity index (χ2n) is 6.66. The molecule has 2 amide bonds. The van der Waals surface area contributed by atoms with Crippen LogP contribution in [0.4, 0.5) is 9.18 Å². The summed E-state index contributed by atoms with van der Waals surface area (Å²) in [6, 6.07) is 8.83. The van der Waals surface area contributed by atoms with Crippen LogP contribution in [0.3, 0.4) is 0 Å². The van der Waals surface area contributed by atoms with Crippen LogP contribution in [-0.2, 0) is 11.3 Å².